The van der Waals surface area contributed by atoms with E-state index in [1.165, 1.54) is 0 Å². The van der Waals surface area contributed by atoms with E-state index in [0.717, 1.165) is 35.6 Å². The molecule has 8 heteroatoms. The number of aryl methyl sites for hydroxylation is 3. The Labute approximate surface area is 181 Å². The minimum atomic E-state index is -1.13. The third-order valence-electron chi connectivity index (χ3n) is 6.13. The molecule has 2 fully saturated rings. The molecule has 31 heavy (non-hydrogen) atoms. The van der Waals surface area contributed by atoms with Crippen LogP contribution in [-0.4, -0.2) is 53.9 Å². The third kappa shape index (κ3) is 3.73. The predicted molar refractivity (Wildman–Crippen MR) is 117 cm³/mol. The average Bonchev–Trinajstić information content (AvgIpc) is 3.00. The zero-order valence-corrected chi connectivity index (χ0v) is 18.3. The van der Waals surface area contributed by atoms with E-state index < -0.39 is 17.5 Å². The summed E-state index contributed by atoms with van der Waals surface area (Å²) in [7, 11) is 0. The molecule has 2 aromatic rings. The molecule has 1 atom stereocenters. The molecule has 1 aromatic heterocycles. The van der Waals surface area contributed by atoms with Crippen molar-refractivity contribution < 1.29 is 14.4 Å². The van der Waals surface area contributed by atoms with E-state index in [-0.39, 0.29) is 5.91 Å². The Morgan fingerprint density at radius 1 is 1.03 bits per heavy atom. The number of hydrogen-bond donors (Lipinski definition) is 2. The second-order valence-corrected chi connectivity index (χ2v) is 8.50. The molecule has 1 aromatic carbocycles. The summed E-state index contributed by atoms with van der Waals surface area (Å²) in [6.45, 7) is 10.3. The maximum Gasteiger partial charge on any atom is 0.322 e. The molecular formula is C23H27N5O3. The van der Waals surface area contributed by atoms with Gasteiger partial charge in [0.05, 0.1) is 0 Å². The van der Waals surface area contributed by atoms with Crippen molar-refractivity contribution in [2.75, 3.05) is 31.1 Å². The minimum Gasteiger partial charge on any atom is -0.353 e. The van der Waals surface area contributed by atoms with Crippen molar-refractivity contribution in [3.8, 4) is 0 Å². The quantitative estimate of drug-likeness (QED) is 0.740. The number of imide groups is 1. The van der Waals surface area contributed by atoms with Gasteiger partial charge in [0, 0.05) is 37.9 Å². The monoisotopic (exact) mass is 421 g/mol. The first kappa shape index (κ1) is 20.8. The highest BCUT2D eigenvalue weighted by molar-refractivity contribution is 6.07. The van der Waals surface area contributed by atoms with Gasteiger partial charge in [-0.2, -0.15) is 0 Å². The van der Waals surface area contributed by atoms with Crippen LogP contribution in [-0.2, 0) is 10.3 Å². The van der Waals surface area contributed by atoms with Crippen LogP contribution in [0.5, 0.6) is 0 Å². The van der Waals surface area contributed by atoms with Crippen molar-refractivity contribution in [3.63, 3.8) is 0 Å². The van der Waals surface area contributed by atoms with Gasteiger partial charge < -0.3 is 15.1 Å². The van der Waals surface area contributed by atoms with E-state index in [2.05, 4.69) is 33.5 Å². The lowest BCUT2D eigenvalue weighted by Crippen LogP contribution is -2.49. The largest absolute Gasteiger partial charge is 0.353 e. The summed E-state index contributed by atoms with van der Waals surface area (Å²) in [4.78, 5) is 45.5. The van der Waals surface area contributed by atoms with Gasteiger partial charge >= 0.3 is 6.03 Å². The SMILES string of the molecule is Cc1cnc(N2CCN(C(=O)c3ccc([C@@]4(C)NC(=O)NC4=O)cc3C)CC2)c(C)c1. The van der Waals surface area contributed by atoms with Gasteiger partial charge in [-0.25, -0.2) is 9.78 Å². The van der Waals surface area contributed by atoms with Crippen LogP contribution in [0.25, 0.3) is 0 Å². The number of nitrogens with zero attached hydrogens (tertiary/aromatic N) is 3. The van der Waals surface area contributed by atoms with Gasteiger partial charge in [-0.05, 0) is 56.0 Å². The second-order valence-electron chi connectivity index (χ2n) is 8.50. The highest BCUT2D eigenvalue weighted by Gasteiger charge is 2.43. The zero-order chi connectivity index (χ0) is 22.3. The highest BCUT2D eigenvalue weighted by Crippen LogP contribution is 2.27. The molecule has 0 radical (unpaired) electrons. The van der Waals surface area contributed by atoms with Gasteiger partial charge in [0.2, 0.25) is 0 Å². The standard InChI is InChI=1S/C23H27N5O3/c1-14-11-16(3)19(24-13-14)27-7-9-28(10-8-27)20(29)18-6-5-17(12-15(18)2)23(4)21(30)25-22(31)26-23/h5-6,11-13H,7-10H2,1-4H3,(H2,25,26,30,31)/t23-/m1/s1. The lowest BCUT2D eigenvalue weighted by Gasteiger charge is -2.36. The number of carbonyl (C=O) groups is 3. The Bertz CT molecular complexity index is 1070. The fraction of sp³-hybridized carbons (Fsp3) is 0.391. The van der Waals surface area contributed by atoms with Crippen LogP contribution in [0.2, 0.25) is 0 Å². The fourth-order valence-electron chi connectivity index (χ4n) is 4.29. The minimum absolute atomic E-state index is 0.0256. The smallest absolute Gasteiger partial charge is 0.322 e. The second kappa shape index (κ2) is 7.68. The number of pyridine rings is 1. The van der Waals surface area contributed by atoms with E-state index in [1.807, 2.05) is 24.9 Å². The summed E-state index contributed by atoms with van der Waals surface area (Å²) in [5, 5.41) is 4.92. The summed E-state index contributed by atoms with van der Waals surface area (Å²) < 4.78 is 0. The topological polar surface area (TPSA) is 94.6 Å². The summed E-state index contributed by atoms with van der Waals surface area (Å²) in [6.07, 6.45) is 1.87. The first-order valence-corrected chi connectivity index (χ1v) is 10.4. The number of urea groups is 1. The Balaban J connectivity index is 1.47. The molecule has 4 rings (SSSR count). The van der Waals surface area contributed by atoms with Crippen LogP contribution < -0.4 is 15.5 Å². The summed E-state index contributed by atoms with van der Waals surface area (Å²) in [5.74, 6) is 0.554. The number of rotatable bonds is 3. The number of piperazine rings is 1. The first-order valence-electron chi connectivity index (χ1n) is 10.4. The maximum atomic E-state index is 13.1. The van der Waals surface area contributed by atoms with Crippen molar-refractivity contribution in [2.45, 2.75) is 33.2 Å². The molecule has 0 spiro atoms. The summed E-state index contributed by atoms with van der Waals surface area (Å²) in [6, 6.07) is 6.89. The normalized spacial score (nSPS) is 21.2. The molecular weight excluding hydrogens is 394 g/mol. The predicted octanol–water partition coefficient (Wildman–Crippen LogP) is 2.02. The molecule has 4 amide bonds. The Kier molecular flexibility index (Phi) is 5.16. The number of aromatic nitrogens is 1. The van der Waals surface area contributed by atoms with E-state index in [0.29, 0.717) is 24.2 Å². The molecule has 0 saturated carbocycles. The number of anilines is 1. The van der Waals surface area contributed by atoms with Crippen molar-refractivity contribution >= 4 is 23.7 Å². The maximum absolute atomic E-state index is 13.1. The summed E-state index contributed by atoms with van der Waals surface area (Å²) in [5.41, 5.74) is 3.18. The van der Waals surface area contributed by atoms with Crippen molar-refractivity contribution in [1.82, 2.24) is 20.5 Å². The molecule has 3 heterocycles. The van der Waals surface area contributed by atoms with Gasteiger partial charge in [0.25, 0.3) is 11.8 Å². The molecule has 162 valence electrons. The highest BCUT2D eigenvalue weighted by atomic mass is 16.2. The molecule has 2 saturated heterocycles. The first-order chi connectivity index (χ1) is 14.7. The van der Waals surface area contributed by atoms with Crippen molar-refractivity contribution in [3.05, 3.63) is 58.3 Å². The van der Waals surface area contributed by atoms with Gasteiger partial charge in [0.1, 0.15) is 11.4 Å². The van der Waals surface area contributed by atoms with Crippen LogP contribution >= 0.6 is 0 Å². The number of amides is 4. The van der Waals surface area contributed by atoms with Gasteiger partial charge in [-0.15, -0.1) is 0 Å². The average molecular weight is 422 g/mol. The van der Waals surface area contributed by atoms with Crippen molar-refractivity contribution in [1.29, 1.82) is 0 Å². The van der Waals surface area contributed by atoms with Crippen LogP contribution in [0.15, 0.2) is 30.5 Å². The summed E-state index contributed by atoms with van der Waals surface area (Å²) >= 11 is 0. The van der Waals surface area contributed by atoms with Crippen LogP contribution in [0.1, 0.15) is 39.5 Å². The Morgan fingerprint density at radius 3 is 2.32 bits per heavy atom. The molecule has 2 N–H and O–H groups in total. The molecule has 2 aliphatic rings. The van der Waals surface area contributed by atoms with E-state index >= 15 is 0 Å². The zero-order valence-electron chi connectivity index (χ0n) is 18.3. The van der Waals surface area contributed by atoms with Gasteiger partial charge in [0.15, 0.2) is 0 Å². The van der Waals surface area contributed by atoms with Crippen LogP contribution in [0.4, 0.5) is 10.6 Å². The number of hydrogen-bond acceptors (Lipinski definition) is 5. The molecule has 8 nitrogen and oxygen atoms in total. The lowest BCUT2D eigenvalue weighted by molar-refractivity contribution is -0.123. The lowest BCUT2D eigenvalue weighted by atomic mass is 9.89. The number of carbonyl (C=O) groups excluding carboxylic acids is 3. The molecule has 0 bridgehead atoms. The van der Waals surface area contributed by atoms with Crippen LogP contribution in [0, 0.1) is 20.8 Å². The van der Waals surface area contributed by atoms with Crippen LogP contribution in [0.3, 0.4) is 0 Å². The van der Waals surface area contributed by atoms with Gasteiger partial charge in [-0.3, -0.25) is 14.9 Å². The Hall–Kier alpha value is -3.42. The van der Waals surface area contributed by atoms with E-state index in [4.69, 9.17) is 0 Å². The molecule has 2 aliphatic heterocycles. The number of nitrogens with one attached hydrogen (secondary N) is 2. The van der Waals surface area contributed by atoms with E-state index in [1.54, 1.807) is 25.1 Å². The Morgan fingerprint density at radius 2 is 1.74 bits per heavy atom. The molecule has 0 unspecified atom stereocenters. The van der Waals surface area contributed by atoms with E-state index in [9.17, 15) is 14.4 Å². The fourth-order valence-corrected chi connectivity index (χ4v) is 4.29. The number of benzene rings is 1. The molecule has 0 aliphatic carbocycles. The third-order valence-corrected chi connectivity index (χ3v) is 6.13. The van der Waals surface area contributed by atoms with Crippen molar-refractivity contribution in [2.24, 2.45) is 0 Å². The van der Waals surface area contributed by atoms with Gasteiger partial charge in [-0.1, -0.05) is 18.2 Å².